The summed E-state index contributed by atoms with van der Waals surface area (Å²) in [6, 6.07) is 5.35. The molecule has 0 heterocycles. The zero-order valence-corrected chi connectivity index (χ0v) is 11.8. The van der Waals surface area contributed by atoms with E-state index >= 15 is 0 Å². The van der Waals surface area contributed by atoms with Crippen LogP contribution in [-0.4, -0.2) is 55.6 Å². The number of aliphatic hydroxyl groups is 2. The number of likely N-dealkylation sites (N-methyl/N-ethyl adjacent to an activating group) is 1. The summed E-state index contributed by atoms with van der Waals surface area (Å²) in [7, 11) is 3.15. The number of rotatable bonds is 8. The van der Waals surface area contributed by atoms with Crippen molar-refractivity contribution in [1.29, 1.82) is 0 Å². The molecule has 1 aromatic carbocycles. The molecule has 1 unspecified atom stereocenters. The Labute approximate surface area is 114 Å². The van der Waals surface area contributed by atoms with E-state index in [0.29, 0.717) is 24.6 Å². The van der Waals surface area contributed by atoms with Crippen molar-refractivity contribution in [2.75, 3.05) is 40.5 Å². The molecule has 0 aliphatic rings. The lowest BCUT2D eigenvalue weighted by Crippen LogP contribution is -2.31. The number of ether oxygens (including phenoxy) is 2. The average molecular weight is 269 g/mol. The number of benzene rings is 1. The fourth-order valence-electron chi connectivity index (χ4n) is 1.96. The minimum absolute atomic E-state index is 0.0836. The van der Waals surface area contributed by atoms with Crippen molar-refractivity contribution in [3.05, 3.63) is 23.8 Å². The van der Waals surface area contributed by atoms with Gasteiger partial charge in [-0.2, -0.15) is 0 Å². The molecule has 0 bridgehead atoms. The molecule has 0 spiro atoms. The van der Waals surface area contributed by atoms with Crippen LogP contribution < -0.4 is 9.47 Å². The van der Waals surface area contributed by atoms with E-state index in [4.69, 9.17) is 14.6 Å². The van der Waals surface area contributed by atoms with Gasteiger partial charge in [0.05, 0.1) is 26.9 Å². The molecule has 0 aliphatic carbocycles. The first-order chi connectivity index (χ1) is 9.15. The summed E-state index contributed by atoms with van der Waals surface area (Å²) in [5, 5.41) is 19.2. The highest BCUT2D eigenvalue weighted by atomic mass is 16.5. The van der Waals surface area contributed by atoms with E-state index in [-0.39, 0.29) is 6.61 Å². The minimum atomic E-state index is -0.660. The molecule has 5 heteroatoms. The summed E-state index contributed by atoms with van der Waals surface area (Å²) in [5.41, 5.74) is 0.722. The fourth-order valence-corrected chi connectivity index (χ4v) is 1.96. The molecule has 0 saturated carbocycles. The third-order valence-corrected chi connectivity index (χ3v) is 3.09. The van der Waals surface area contributed by atoms with Crippen LogP contribution in [0.3, 0.4) is 0 Å². The van der Waals surface area contributed by atoms with Crippen LogP contribution in [-0.2, 0) is 0 Å². The highest BCUT2D eigenvalue weighted by molar-refractivity contribution is 5.42. The van der Waals surface area contributed by atoms with Gasteiger partial charge in [-0.05, 0) is 18.7 Å². The van der Waals surface area contributed by atoms with Gasteiger partial charge < -0.3 is 19.7 Å². The topological polar surface area (TPSA) is 62.2 Å². The smallest absolute Gasteiger partial charge is 0.128 e. The van der Waals surface area contributed by atoms with Crippen LogP contribution in [0.1, 0.15) is 18.6 Å². The zero-order chi connectivity index (χ0) is 14.3. The van der Waals surface area contributed by atoms with Crippen molar-refractivity contribution in [2.24, 2.45) is 0 Å². The van der Waals surface area contributed by atoms with Gasteiger partial charge in [-0.15, -0.1) is 0 Å². The number of hydrogen-bond acceptors (Lipinski definition) is 5. The standard InChI is InChI=1S/C14H23NO4/c1-4-15(7-8-16)10-13(17)12-6-5-11(18-2)9-14(12)19-3/h5-6,9,13,16-17H,4,7-8,10H2,1-3H3. The summed E-state index contributed by atoms with van der Waals surface area (Å²) in [4.78, 5) is 1.98. The Morgan fingerprint density at radius 3 is 2.53 bits per heavy atom. The van der Waals surface area contributed by atoms with Crippen LogP contribution in [0.4, 0.5) is 0 Å². The lowest BCUT2D eigenvalue weighted by atomic mass is 10.1. The third-order valence-electron chi connectivity index (χ3n) is 3.09. The van der Waals surface area contributed by atoms with Gasteiger partial charge in [-0.1, -0.05) is 6.92 Å². The molecule has 108 valence electrons. The van der Waals surface area contributed by atoms with Gasteiger partial charge in [0.2, 0.25) is 0 Å². The van der Waals surface area contributed by atoms with Gasteiger partial charge in [0.1, 0.15) is 11.5 Å². The van der Waals surface area contributed by atoms with E-state index in [1.807, 2.05) is 11.8 Å². The zero-order valence-electron chi connectivity index (χ0n) is 11.8. The highest BCUT2D eigenvalue weighted by Crippen LogP contribution is 2.29. The van der Waals surface area contributed by atoms with E-state index in [9.17, 15) is 5.11 Å². The maximum absolute atomic E-state index is 10.3. The first-order valence-corrected chi connectivity index (χ1v) is 6.39. The molecule has 1 atom stereocenters. The Kier molecular flexibility index (Phi) is 6.62. The molecular formula is C14H23NO4. The summed E-state index contributed by atoms with van der Waals surface area (Å²) in [5.74, 6) is 1.29. The molecule has 0 aromatic heterocycles. The SMILES string of the molecule is CCN(CCO)CC(O)c1ccc(OC)cc1OC. The van der Waals surface area contributed by atoms with E-state index < -0.39 is 6.10 Å². The number of nitrogens with zero attached hydrogens (tertiary/aromatic N) is 1. The Bertz CT molecular complexity index is 384. The van der Waals surface area contributed by atoms with Gasteiger partial charge in [0.25, 0.3) is 0 Å². The second kappa shape index (κ2) is 7.99. The van der Waals surface area contributed by atoms with Gasteiger partial charge >= 0.3 is 0 Å². The number of aliphatic hydroxyl groups excluding tert-OH is 2. The van der Waals surface area contributed by atoms with Crippen LogP contribution in [0.15, 0.2) is 18.2 Å². The third kappa shape index (κ3) is 4.38. The van der Waals surface area contributed by atoms with Gasteiger partial charge in [-0.25, -0.2) is 0 Å². The highest BCUT2D eigenvalue weighted by Gasteiger charge is 2.17. The van der Waals surface area contributed by atoms with Crippen LogP contribution in [0.2, 0.25) is 0 Å². The number of methoxy groups -OCH3 is 2. The van der Waals surface area contributed by atoms with E-state index in [0.717, 1.165) is 12.1 Å². The van der Waals surface area contributed by atoms with Crippen LogP contribution in [0.25, 0.3) is 0 Å². The maximum Gasteiger partial charge on any atom is 0.128 e. The second-order valence-electron chi connectivity index (χ2n) is 4.24. The molecule has 0 amide bonds. The first kappa shape index (κ1) is 15.8. The van der Waals surface area contributed by atoms with Crippen molar-refractivity contribution in [3.8, 4) is 11.5 Å². The summed E-state index contributed by atoms with van der Waals surface area (Å²) in [6.07, 6.45) is -0.660. The van der Waals surface area contributed by atoms with Crippen molar-refractivity contribution < 1.29 is 19.7 Å². The monoisotopic (exact) mass is 269 g/mol. The molecule has 5 nitrogen and oxygen atoms in total. The normalized spacial score (nSPS) is 12.5. The van der Waals surface area contributed by atoms with Crippen molar-refractivity contribution in [2.45, 2.75) is 13.0 Å². The average Bonchev–Trinajstić information content (AvgIpc) is 2.45. The molecule has 19 heavy (non-hydrogen) atoms. The fraction of sp³-hybridized carbons (Fsp3) is 0.571. The molecule has 1 rings (SSSR count). The van der Waals surface area contributed by atoms with Crippen molar-refractivity contribution >= 4 is 0 Å². The van der Waals surface area contributed by atoms with E-state index in [1.165, 1.54) is 0 Å². The molecule has 0 radical (unpaired) electrons. The van der Waals surface area contributed by atoms with Crippen LogP contribution in [0.5, 0.6) is 11.5 Å². The van der Waals surface area contributed by atoms with Gasteiger partial charge in [0, 0.05) is 24.7 Å². The molecular weight excluding hydrogens is 246 g/mol. The van der Waals surface area contributed by atoms with Crippen LogP contribution >= 0.6 is 0 Å². The van der Waals surface area contributed by atoms with Crippen LogP contribution in [0, 0.1) is 0 Å². The summed E-state index contributed by atoms with van der Waals surface area (Å²) in [6.45, 7) is 3.86. The lowest BCUT2D eigenvalue weighted by Gasteiger charge is -2.24. The van der Waals surface area contributed by atoms with Gasteiger partial charge in [0.15, 0.2) is 0 Å². The maximum atomic E-state index is 10.3. The second-order valence-corrected chi connectivity index (χ2v) is 4.24. The molecule has 1 aromatic rings. The summed E-state index contributed by atoms with van der Waals surface area (Å²) >= 11 is 0. The summed E-state index contributed by atoms with van der Waals surface area (Å²) < 4.78 is 10.4. The molecule has 0 saturated heterocycles. The van der Waals surface area contributed by atoms with Crippen molar-refractivity contribution in [3.63, 3.8) is 0 Å². The first-order valence-electron chi connectivity index (χ1n) is 6.39. The Hall–Kier alpha value is -1.30. The molecule has 0 aliphatic heterocycles. The lowest BCUT2D eigenvalue weighted by molar-refractivity contribution is 0.101. The Morgan fingerprint density at radius 1 is 1.26 bits per heavy atom. The van der Waals surface area contributed by atoms with E-state index in [1.54, 1.807) is 32.4 Å². The predicted octanol–water partition coefficient (Wildman–Crippen LogP) is 1.05. The Morgan fingerprint density at radius 2 is 2.00 bits per heavy atom. The van der Waals surface area contributed by atoms with Gasteiger partial charge in [-0.3, -0.25) is 4.90 Å². The minimum Gasteiger partial charge on any atom is -0.497 e. The quantitative estimate of drug-likeness (QED) is 0.738. The number of hydrogen-bond donors (Lipinski definition) is 2. The molecule has 2 N–H and O–H groups in total. The molecule has 0 fully saturated rings. The Balaban J connectivity index is 2.83. The van der Waals surface area contributed by atoms with Crippen molar-refractivity contribution in [1.82, 2.24) is 4.90 Å². The van der Waals surface area contributed by atoms with E-state index in [2.05, 4.69) is 0 Å². The largest absolute Gasteiger partial charge is 0.497 e. The predicted molar refractivity (Wildman–Crippen MR) is 73.7 cm³/mol.